The predicted octanol–water partition coefficient (Wildman–Crippen LogP) is 5.00. The summed E-state index contributed by atoms with van der Waals surface area (Å²) in [5.74, 6) is 1.87. The molecular weight excluding hydrogens is 394 g/mol. The summed E-state index contributed by atoms with van der Waals surface area (Å²) >= 11 is 5.86. The summed E-state index contributed by atoms with van der Waals surface area (Å²) in [6.07, 6.45) is 8.35. The standard InChI is InChI=1S/C23H27N5OS/c1-2-29-20-11-7-17(8-12-20)21-6-4-14-26(21)16-27-23(30)28(19-9-10-19)22(25-27)18-5-3-13-24-15-18/h3,5,7-8,11-13,15,19,21H,2,4,6,9-10,14,16H2,1H3. The molecule has 3 heterocycles. The van der Waals surface area contributed by atoms with E-state index in [9.17, 15) is 0 Å². The number of nitrogens with zero attached hydrogens (tertiary/aromatic N) is 5. The molecule has 0 spiro atoms. The van der Waals surface area contributed by atoms with Gasteiger partial charge in [-0.2, -0.15) is 5.10 Å². The molecule has 1 saturated carbocycles. The van der Waals surface area contributed by atoms with Crippen molar-refractivity contribution >= 4 is 12.2 Å². The largest absolute Gasteiger partial charge is 0.494 e. The molecular formula is C23H27N5OS. The molecule has 7 heteroatoms. The van der Waals surface area contributed by atoms with Gasteiger partial charge in [-0.3, -0.25) is 14.5 Å². The van der Waals surface area contributed by atoms with Crippen LogP contribution >= 0.6 is 12.2 Å². The molecule has 0 N–H and O–H groups in total. The van der Waals surface area contributed by atoms with Crippen LogP contribution in [0.25, 0.3) is 11.4 Å². The molecule has 1 atom stereocenters. The molecule has 1 aliphatic heterocycles. The lowest BCUT2D eigenvalue weighted by Gasteiger charge is -2.24. The van der Waals surface area contributed by atoms with E-state index in [0.717, 1.165) is 34.9 Å². The Bertz CT molecular complexity index is 1060. The zero-order valence-electron chi connectivity index (χ0n) is 17.3. The topological polar surface area (TPSA) is 48.1 Å². The molecule has 2 aliphatic rings. The Morgan fingerprint density at radius 3 is 2.67 bits per heavy atom. The van der Waals surface area contributed by atoms with Gasteiger partial charge in [0.05, 0.1) is 13.3 Å². The molecule has 5 rings (SSSR count). The zero-order chi connectivity index (χ0) is 20.5. The molecule has 1 saturated heterocycles. The number of rotatable bonds is 7. The number of hydrogen-bond donors (Lipinski definition) is 0. The lowest BCUT2D eigenvalue weighted by Crippen LogP contribution is -2.27. The van der Waals surface area contributed by atoms with Crippen LogP contribution in [-0.4, -0.2) is 37.4 Å². The van der Waals surface area contributed by atoms with Gasteiger partial charge < -0.3 is 4.74 Å². The van der Waals surface area contributed by atoms with Crippen molar-refractivity contribution in [2.24, 2.45) is 0 Å². The summed E-state index contributed by atoms with van der Waals surface area (Å²) in [6.45, 7) is 4.47. The number of ether oxygens (including phenoxy) is 1. The van der Waals surface area contributed by atoms with Crippen LogP contribution in [0, 0.1) is 4.77 Å². The number of benzene rings is 1. The van der Waals surface area contributed by atoms with Gasteiger partial charge in [-0.05, 0) is 74.7 Å². The molecule has 1 unspecified atom stereocenters. The molecule has 0 radical (unpaired) electrons. The van der Waals surface area contributed by atoms with Crippen LogP contribution in [0.3, 0.4) is 0 Å². The van der Waals surface area contributed by atoms with Crippen LogP contribution in [0.4, 0.5) is 0 Å². The third-order valence-electron chi connectivity index (χ3n) is 5.96. The second kappa shape index (κ2) is 8.32. The van der Waals surface area contributed by atoms with Crippen molar-refractivity contribution in [2.45, 2.75) is 51.4 Å². The van der Waals surface area contributed by atoms with Crippen molar-refractivity contribution < 1.29 is 4.74 Å². The first-order valence-electron chi connectivity index (χ1n) is 10.8. The summed E-state index contributed by atoms with van der Waals surface area (Å²) in [7, 11) is 0. The quantitative estimate of drug-likeness (QED) is 0.502. The molecule has 0 amide bonds. The summed E-state index contributed by atoms with van der Waals surface area (Å²) in [5, 5.41) is 4.95. The molecule has 156 valence electrons. The summed E-state index contributed by atoms with van der Waals surface area (Å²) in [6, 6.07) is 13.4. The maximum absolute atomic E-state index is 5.86. The van der Waals surface area contributed by atoms with Gasteiger partial charge in [0, 0.05) is 36.6 Å². The summed E-state index contributed by atoms with van der Waals surface area (Å²) in [4.78, 5) is 6.77. The van der Waals surface area contributed by atoms with Gasteiger partial charge in [-0.1, -0.05) is 12.1 Å². The van der Waals surface area contributed by atoms with Crippen LogP contribution in [0.15, 0.2) is 48.8 Å². The van der Waals surface area contributed by atoms with Crippen molar-refractivity contribution in [1.82, 2.24) is 24.2 Å². The summed E-state index contributed by atoms with van der Waals surface area (Å²) < 4.78 is 10.6. The van der Waals surface area contributed by atoms with Crippen molar-refractivity contribution in [3.63, 3.8) is 0 Å². The Labute approximate surface area is 182 Å². The van der Waals surface area contributed by atoms with Crippen LogP contribution in [-0.2, 0) is 6.67 Å². The average Bonchev–Trinajstić information content (AvgIpc) is 3.42. The molecule has 30 heavy (non-hydrogen) atoms. The monoisotopic (exact) mass is 421 g/mol. The fraction of sp³-hybridized carbons (Fsp3) is 0.435. The lowest BCUT2D eigenvalue weighted by molar-refractivity contribution is 0.189. The molecule has 3 aromatic rings. The molecule has 1 aliphatic carbocycles. The van der Waals surface area contributed by atoms with Gasteiger partial charge in [-0.25, -0.2) is 4.68 Å². The third kappa shape index (κ3) is 3.79. The fourth-order valence-corrected chi connectivity index (χ4v) is 4.70. The highest BCUT2D eigenvalue weighted by Gasteiger charge is 2.31. The molecule has 2 aromatic heterocycles. The van der Waals surface area contributed by atoms with Gasteiger partial charge >= 0.3 is 0 Å². The Hall–Kier alpha value is -2.51. The third-order valence-corrected chi connectivity index (χ3v) is 6.36. The van der Waals surface area contributed by atoms with Crippen molar-refractivity contribution in [3.05, 3.63) is 59.1 Å². The van der Waals surface area contributed by atoms with Crippen molar-refractivity contribution in [2.75, 3.05) is 13.2 Å². The van der Waals surface area contributed by atoms with Gasteiger partial charge in [0.2, 0.25) is 0 Å². The number of likely N-dealkylation sites (tertiary alicyclic amines) is 1. The number of hydrogen-bond acceptors (Lipinski definition) is 5. The first-order valence-corrected chi connectivity index (χ1v) is 11.2. The Morgan fingerprint density at radius 2 is 1.97 bits per heavy atom. The SMILES string of the molecule is CCOc1ccc(C2CCCN2Cn2nc(-c3cccnc3)n(C3CC3)c2=S)cc1. The second-order valence-corrected chi connectivity index (χ2v) is 8.43. The van der Waals surface area contributed by atoms with Gasteiger partial charge in [0.1, 0.15) is 5.75 Å². The Morgan fingerprint density at radius 1 is 1.13 bits per heavy atom. The first kappa shape index (κ1) is 19.5. The van der Waals surface area contributed by atoms with Crippen LogP contribution in [0.5, 0.6) is 5.75 Å². The Balaban J connectivity index is 1.42. The molecule has 2 fully saturated rings. The predicted molar refractivity (Wildman–Crippen MR) is 119 cm³/mol. The Kier molecular flexibility index (Phi) is 5.39. The van der Waals surface area contributed by atoms with E-state index in [-0.39, 0.29) is 0 Å². The van der Waals surface area contributed by atoms with Gasteiger partial charge in [0.25, 0.3) is 0 Å². The first-order chi connectivity index (χ1) is 14.7. The lowest BCUT2D eigenvalue weighted by atomic mass is 10.0. The number of pyridine rings is 1. The minimum atomic E-state index is 0.385. The minimum Gasteiger partial charge on any atom is -0.494 e. The van der Waals surface area contributed by atoms with Crippen LogP contribution in [0.2, 0.25) is 0 Å². The van der Waals surface area contributed by atoms with E-state index in [1.165, 1.54) is 24.8 Å². The fourth-order valence-electron chi connectivity index (χ4n) is 4.36. The molecule has 6 nitrogen and oxygen atoms in total. The van der Waals surface area contributed by atoms with Crippen LogP contribution < -0.4 is 4.74 Å². The normalized spacial score (nSPS) is 19.3. The highest BCUT2D eigenvalue weighted by atomic mass is 32.1. The number of aromatic nitrogens is 4. The highest BCUT2D eigenvalue weighted by Crippen LogP contribution is 2.39. The second-order valence-electron chi connectivity index (χ2n) is 8.06. The van der Waals surface area contributed by atoms with Crippen molar-refractivity contribution in [3.8, 4) is 17.1 Å². The van der Waals surface area contributed by atoms with Gasteiger partial charge in [0.15, 0.2) is 10.6 Å². The van der Waals surface area contributed by atoms with E-state index in [1.54, 1.807) is 6.20 Å². The smallest absolute Gasteiger partial charge is 0.199 e. The minimum absolute atomic E-state index is 0.385. The van der Waals surface area contributed by atoms with E-state index in [1.807, 2.05) is 23.9 Å². The zero-order valence-corrected chi connectivity index (χ0v) is 18.1. The van der Waals surface area contributed by atoms with E-state index < -0.39 is 0 Å². The summed E-state index contributed by atoms with van der Waals surface area (Å²) in [5.41, 5.74) is 2.36. The average molecular weight is 422 g/mol. The van der Waals surface area contributed by atoms with Crippen molar-refractivity contribution in [1.29, 1.82) is 0 Å². The maximum Gasteiger partial charge on any atom is 0.199 e. The van der Waals surface area contributed by atoms with E-state index in [4.69, 9.17) is 22.1 Å². The highest BCUT2D eigenvalue weighted by molar-refractivity contribution is 7.71. The van der Waals surface area contributed by atoms with Crippen LogP contribution in [0.1, 0.15) is 50.3 Å². The van der Waals surface area contributed by atoms with E-state index in [2.05, 4.69) is 44.8 Å². The molecule has 1 aromatic carbocycles. The maximum atomic E-state index is 5.86. The van der Waals surface area contributed by atoms with E-state index in [0.29, 0.717) is 25.4 Å². The molecule has 0 bridgehead atoms. The van der Waals surface area contributed by atoms with Gasteiger partial charge in [-0.15, -0.1) is 0 Å². The van der Waals surface area contributed by atoms with E-state index >= 15 is 0 Å².